The highest BCUT2D eigenvalue weighted by Crippen LogP contribution is 2.38. The van der Waals surface area contributed by atoms with Gasteiger partial charge in [-0.25, -0.2) is 9.97 Å². The van der Waals surface area contributed by atoms with Gasteiger partial charge in [-0.05, 0) is 88.3 Å². The van der Waals surface area contributed by atoms with Gasteiger partial charge in [-0.15, -0.1) is 0 Å². The Morgan fingerprint density at radius 3 is 1.70 bits per heavy atom. The van der Waals surface area contributed by atoms with E-state index in [2.05, 4.69) is 118 Å². The molecule has 0 radical (unpaired) electrons. The second-order valence-corrected chi connectivity index (χ2v) is 11.6. The van der Waals surface area contributed by atoms with E-state index in [0.29, 0.717) is 0 Å². The number of rotatable bonds is 5. The Labute approximate surface area is 271 Å². The van der Waals surface area contributed by atoms with Gasteiger partial charge in [0, 0.05) is 52.4 Å². The first-order valence-electron chi connectivity index (χ1n) is 15.6. The Morgan fingerprint density at radius 1 is 0.383 bits per heavy atom. The molecule has 0 saturated carbocycles. The lowest BCUT2D eigenvalue weighted by Gasteiger charge is -2.14. The van der Waals surface area contributed by atoms with Gasteiger partial charge in [-0.3, -0.25) is 14.5 Å². The molecule has 47 heavy (non-hydrogen) atoms. The predicted octanol–water partition coefficient (Wildman–Crippen LogP) is 10.2. The lowest BCUT2D eigenvalue weighted by Crippen LogP contribution is -1.97. The highest BCUT2D eigenvalue weighted by atomic mass is 15.1. The topological polar surface area (TPSA) is 56.5 Å². The molecule has 220 valence electrons. The highest BCUT2D eigenvalue weighted by Gasteiger charge is 2.16. The summed E-state index contributed by atoms with van der Waals surface area (Å²) in [6, 6.07) is 48.7. The maximum atomic E-state index is 5.35. The van der Waals surface area contributed by atoms with E-state index >= 15 is 0 Å². The van der Waals surface area contributed by atoms with E-state index in [0.717, 1.165) is 77.9 Å². The van der Waals surface area contributed by atoms with Crippen LogP contribution in [0.4, 0.5) is 0 Å². The zero-order chi connectivity index (χ0) is 31.2. The van der Waals surface area contributed by atoms with Gasteiger partial charge < -0.3 is 0 Å². The number of aromatic nitrogens is 5. The third kappa shape index (κ3) is 4.73. The Bertz CT molecular complexity index is 2540. The Balaban J connectivity index is 1.23. The number of imidazole rings is 1. The normalized spacial score (nSPS) is 11.4. The summed E-state index contributed by atoms with van der Waals surface area (Å²) in [4.78, 5) is 18.8. The molecule has 0 spiro atoms. The molecule has 5 nitrogen and oxygen atoms in total. The number of hydrogen-bond acceptors (Lipinski definition) is 4. The molecule has 4 heterocycles. The lowest BCUT2D eigenvalue weighted by atomic mass is 9.94. The molecule has 0 aliphatic heterocycles. The molecule has 0 amide bonds. The molecule has 0 unspecified atom stereocenters. The van der Waals surface area contributed by atoms with Crippen LogP contribution in [0.5, 0.6) is 0 Å². The summed E-state index contributed by atoms with van der Waals surface area (Å²) in [5.74, 6) is 0.905. The van der Waals surface area contributed by atoms with Crippen LogP contribution < -0.4 is 0 Å². The number of nitrogens with zero attached hydrogens (tertiary/aromatic N) is 5. The van der Waals surface area contributed by atoms with Crippen LogP contribution in [-0.4, -0.2) is 24.5 Å². The molecule has 9 aromatic rings. The second kappa shape index (κ2) is 11.2. The average molecular weight is 602 g/mol. The molecule has 5 aromatic carbocycles. The first kappa shape index (κ1) is 26.9. The summed E-state index contributed by atoms with van der Waals surface area (Å²) in [5, 5.41) is 3.39. The fourth-order valence-electron chi connectivity index (χ4n) is 6.51. The SMILES string of the molecule is c1ccc(-n2c(-c3ccc(-c4nc5cc(-c6ccncc6)ccc5c5ccc(-c6ccncc6)cc45)cc3)nc3ccccc32)cc1. The standard InChI is InChI=1S/C42H27N5/c1-2-6-34(7-3-1)47-40-9-5-4-8-38(40)46-42(47)31-12-10-30(11-13-31)41-37-26-32(28-18-22-43-23-19-28)14-16-35(37)36-17-15-33(27-39(36)45-41)29-20-24-44-25-21-29/h1-27H. The number of para-hydroxylation sites is 3. The minimum absolute atomic E-state index is 0.905. The van der Waals surface area contributed by atoms with E-state index in [1.165, 1.54) is 5.39 Å². The van der Waals surface area contributed by atoms with Gasteiger partial charge in [-0.1, -0.05) is 78.9 Å². The van der Waals surface area contributed by atoms with Crippen molar-refractivity contribution >= 4 is 32.7 Å². The van der Waals surface area contributed by atoms with E-state index in [4.69, 9.17) is 9.97 Å². The monoisotopic (exact) mass is 601 g/mol. The molecule has 0 saturated heterocycles. The van der Waals surface area contributed by atoms with Gasteiger partial charge >= 0.3 is 0 Å². The van der Waals surface area contributed by atoms with Crippen LogP contribution in [0.3, 0.4) is 0 Å². The van der Waals surface area contributed by atoms with Gasteiger partial charge in [0.05, 0.1) is 22.2 Å². The van der Waals surface area contributed by atoms with Crippen LogP contribution in [-0.2, 0) is 0 Å². The van der Waals surface area contributed by atoms with E-state index in [1.54, 1.807) is 0 Å². The van der Waals surface area contributed by atoms with Gasteiger partial charge in [0.25, 0.3) is 0 Å². The van der Waals surface area contributed by atoms with Crippen LogP contribution in [0.15, 0.2) is 164 Å². The molecule has 0 fully saturated rings. The number of pyridine rings is 3. The molecule has 0 N–H and O–H groups in total. The molecular weight excluding hydrogens is 574 g/mol. The summed E-state index contributed by atoms with van der Waals surface area (Å²) < 4.78 is 2.23. The quantitative estimate of drug-likeness (QED) is 0.184. The summed E-state index contributed by atoms with van der Waals surface area (Å²) >= 11 is 0. The molecule has 0 atom stereocenters. The predicted molar refractivity (Wildman–Crippen MR) is 191 cm³/mol. The molecular formula is C42H27N5. The summed E-state index contributed by atoms with van der Waals surface area (Å²) in [5.41, 5.74) is 11.6. The smallest absolute Gasteiger partial charge is 0.145 e. The van der Waals surface area contributed by atoms with Crippen molar-refractivity contribution in [2.24, 2.45) is 0 Å². The van der Waals surface area contributed by atoms with Crippen LogP contribution in [0.1, 0.15) is 0 Å². The molecule has 0 aliphatic rings. The van der Waals surface area contributed by atoms with Gasteiger partial charge in [0.2, 0.25) is 0 Å². The third-order valence-electron chi connectivity index (χ3n) is 8.81. The molecule has 5 heteroatoms. The zero-order valence-electron chi connectivity index (χ0n) is 25.3. The van der Waals surface area contributed by atoms with Crippen molar-refractivity contribution in [2.75, 3.05) is 0 Å². The van der Waals surface area contributed by atoms with E-state index < -0.39 is 0 Å². The van der Waals surface area contributed by atoms with Crippen LogP contribution in [0, 0.1) is 0 Å². The number of fused-ring (bicyclic) bond motifs is 4. The van der Waals surface area contributed by atoms with Gasteiger partial charge in [0.15, 0.2) is 0 Å². The lowest BCUT2D eigenvalue weighted by molar-refractivity contribution is 1.10. The van der Waals surface area contributed by atoms with Crippen molar-refractivity contribution in [3.8, 4) is 50.6 Å². The minimum Gasteiger partial charge on any atom is -0.292 e. The van der Waals surface area contributed by atoms with Gasteiger partial charge in [-0.2, -0.15) is 0 Å². The molecule has 0 bridgehead atoms. The van der Waals surface area contributed by atoms with Crippen molar-refractivity contribution in [1.82, 2.24) is 24.5 Å². The summed E-state index contributed by atoms with van der Waals surface area (Å²) in [7, 11) is 0. The Hall–Kier alpha value is -6.46. The number of hydrogen-bond donors (Lipinski definition) is 0. The van der Waals surface area contributed by atoms with Crippen molar-refractivity contribution in [2.45, 2.75) is 0 Å². The average Bonchev–Trinajstić information content (AvgIpc) is 3.55. The maximum Gasteiger partial charge on any atom is 0.145 e. The zero-order valence-corrected chi connectivity index (χ0v) is 25.3. The maximum absolute atomic E-state index is 5.35. The molecule has 0 aliphatic carbocycles. The molecule has 9 rings (SSSR count). The van der Waals surface area contributed by atoms with Crippen molar-refractivity contribution in [3.63, 3.8) is 0 Å². The Kier molecular flexibility index (Phi) is 6.39. The summed E-state index contributed by atoms with van der Waals surface area (Å²) in [6.45, 7) is 0. The fourth-order valence-corrected chi connectivity index (χ4v) is 6.51. The van der Waals surface area contributed by atoms with Crippen molar-refractivity contribution in [1.29, 1.82) is 0 Å². The van der Waals surface area contributed by atoms with E-state index in [9.17, 15) is 0 Å². The summed E-state index contributed by atoms with van der Waals surface area (Å²) in [6.07, 6.45) is 7.32. The van der Waals surface area contributed by atoms with Crippen LogP contribution in [0.25, 0.3) is 83.3 Å². The first-order valence-corrected chi connectivity index (χ1v) is 15.6. The third-order valence-corrected chi connectivity index (χ3v) is 8.81. The minimum atomic E-state index is 0.905. The fraction of sp³-hybridized carbons (Fsp3) is 0. The van der Waals surface area contributed by atoms with E-state index in [1.807, 2.05) is 61.2 Å². The van der Waals surface area contributed by atoms with Crippen LogP contribution >= 0.6 is 0 Å². The highest BCUT2D eigenvalue weighted by molar-refractivity contribution is 6.12. The van der Waals surface area contributed by atoms with E-state index in [-0.39, 0.29) is 0 Å². The van der Waals surface area contributed by atoms with Crippen LogP contribution in [0.2, 0.25) is 0 Å². The first-order chi connectivity index (χ1) is 23.3. The van der Waals surface area contributed by atoms with Crippen molar-refractivity contribution < 1.29 is 0 Å². The van der Waals surface area contributed by atoms with Gasteiger partial charge in [0.1, 0.15) is 5.82 Å². The Morgan fingerprint density at radius 2 is 0.979 bits per heavy atom. The molecule has 4 aromatic heterocycles. The number of benzene rings is 5. The van der Waals surface area contributed by atoms with Crippen molar-refractivity contribution in [3.05, 3.63) is 164 Å². The largest absolute Gasteiger partial charge is 0.292 e. The second-order valence-electron chi connectivity index (χ2n) is 11.6.